The van der Waals surface area contributed by atoms with Gasteiger partial charge in [-0.1, -0.05) is 18.2 Å². The first-order chi connectivity index (χ1) is 16.3. The van der Waals surface area contributed by atoms with Gasteiger partial charge in [-0.3, -0.25) is 0 Å². The Morgan fingerprint density at radius 1 is 0.912 bits per heavy atom. The number of rotatable bonds is 4. The number of carbonyl (C=O) groups excluding carboxylic acids is 1. The van der Waals surface area contributed by atoms with E-state index in [-0.39, 0.29) is 29.4 Å². The van der Waals surface area contributed by atoms with Crippen LogP contribution in [0.1, 0.15) is 15.9 Å². The molecule has 1 fully saturated rings. The lowest BCUT2D eigenvalue weighted by molar-refractivity contribution is -0.277. The molecule has 0 unspecified atom stereocenters. The zero-order valence-corrected chi connectivity index (χ0v) is 17.7. The van der Waals surface area contributed by atoms with E-state index in [1.54, 1.807) is 24.3 Å². The van der Waals surface area contributed by atoms with Crippen LogP contribution in [-0.4, -0.2) is 73.9 Å². The Kier molecular flexibility index (Phi) is 5.54. The molecular formula is C24H22O10. The summed E-state index contributed by atoms with van der Waals surface area (Å²) in [6.45, 7) is -0.722. The molecule has 34 heavy (non-hydrogen) atoms. The largest absolute Gasteiger partial charge is 0.508 e. The Bertz CT molecular complexity index is 1250. The number of ether oxygens (including phenoxy) is 3. The summed E-state index contributed by atoms with van der Waals surface area (Å²) in [5.41, 5.74) is 1.96. The van der Waals surface area contributed by atoms with Crippen LogP contribution in [0.15, 0.2) is 42.5 Å². The highest BCUT2D eigenvalue weighted by molar-refractivity contribution is 6.14. The molecule has 2 aliphatic rings. The number of phenolic OH excluding ortho intramolecular Hbond substituents is 2. The summed E-state index contributed by atoms with van der Waals surface area (Å²) in [6.07, 6.45) is -7.72. The topological polar surface area (TPSA) is 166 Å². The number of phenols is 2. The average molecular weight is 470 g/mol. The molecular weight excluding hydrogens is 448 g/mol. The molecule has 3 aromatic rings. The van der Waals surface area contributed by atoms with E-state index in [4.69, 9.17) is 14.2 Å². The van der Waals surface area contributed by atoms with Crippen LogP contribution in [0.25, 0.3) is 21.9 Å². The molecule has 6 N–H and O–H groups in total. The van der Waals surface area contributed by atoms with Gasteiger partial charge in [-0.15, -0.1) is 0 Å². The minimum absolute atomic E-state index is 0.0516. The van der Waals surface area contributed by atoms with Gasteiger partial charge in [-0.25, -0.2) is 4.79 Å². The summed E-state index contributed by atoms with van der Waals surface area (Å²) in [4.78, 5) is 12.5. The number of benzene rings is 3. The fraction of sp³-hybridized carbons (Fsp3) is 0.292. The minimum atomic E-state index is -1.70. The lowest BCUT2D eigenvalue weighted by atomic mass is 9.90. The second kappa shape index (κ2) is 8.42. The summed E-state index contributed by atoms with van der Waals surface area (Å²) in [6, 6.07) is 10.9. The van der Waals surface area contributed by atoms with Crippen molar-refractivity contribution in [3.05, 3.63) is 53.6 Å². The van der Waals surface area contributed by atoms with Crippen molar-refractivity contribution in [1.82, 2.24) is 0 Å². The van der Waals surface area contributed by atoms with E-state index < -0.39 is 43.3 Å². The van der Waals surface area contributed by atoms with Crippen LogP contribution in [0.3, 0.4) is 0 Å². The zero-order chi connectivity index (χ0) is 24.1. The molecule has 0 amide bonds. The monoisotopic (exact) mass is 470 g/mol. The van der Waals surface area contributed by atoms with Gasteiger partial charge in [-0.2, -0.15) is 0 Å². The van der Waals surface area contributed by atoms with Crippen LogP contribution >= 0.6 is 0 Å². The molecule has 10 nitrogen and oxygen atoms in total. The summed E-state index contributed by atoms with van der Waals surface area (Å²) in [7, 11) is 0. The van der Waals surface area contributed by atoms with Crippen molar-refractivity contribution in [2.24, 2.45) is 0 Å². The second-order valence-electron chi connectivity index (χ2n) is 8.23. The van der Waals surface area contributed by atoms with Crippen LogP contribution in [0, 0.1) is 0 Å². The predicted molar refractivity (Wildman–Crippen MR) is 116 cm³/mol. The molecule has 0 bridgehead atoms. The van der Waals surface area contributed by atoms with Crippen LogP contribution < -0.4 is 4.74 Å². The molecule has 10 heteroatoms. The van der Waals surface area contributed by atoms with Crippen LogP contribution in [0.5, 0.6) is 17.2 Å². The van der Waals surface area contributed by atoms with Gasteiger partial charge in [0.05, 0.1) is 12.2 Å². The molecule has 0 radical (unpaired) electrons. The van der Waals surface area contributed by atoms with Crippen LogP contribution in [0.2, 0.25) is 0 Å². The maximum Gasteiger partial charge on any atom is 0.339 e. The molecule has 0 saturated carbocycles. The maximum absolute atomic E-state index is 12.5. The molecule has 3 aromatic carbocycles. The highest BCUT2D eigenvalue weighted by atomic mass is 16.7. The Labute approximate surface area is 192 Å². The van der Waals surface area contributed by atoms with Crippen molar-refractivity contribution < 1.29 is 49.6 Å². The molecule has 5 atom stereocenters. The molecule has 2 heterocycles. The third kappa shape index (κ3) is 3.52. The number of carbonyl (C=O) groups is 1. The zero-order valence-electron chi connectivity index (χ0n) is 17.7. The Balaban J connectivity index is 1.71. The van der Waals surface area contributed by atoms with Crippen molar-refractivity contribution in [3.63, 3.8) is 0 Å². The van der Waals surface area contributed by atoms with Gasteiger partial charge in [-0.05, 0) is 35.4 Å². The van der Waals surface area contributed by atoms with Crippen molar-refractivity contribution in [2.75, 3.05) is 6.61 Å². The van der Waals surface area contributed by atoms with E-state index in [0.29, 0.717) is 27.5 Å². The standard InChI is InChI=1S/C24H22O10/c25-8-16-19(28)20(29)21(30)24(33-16)34-22-15(27)7-11-9-32-23(31)14-6-5-13(18(22)17(11)14)10-1-3-12(26)4-2-10/h1-7,16,19-21,24-30H,8-9H2/t16-,19-,20+,21-,24-/m1/s1. The van der Waals surface area contributed by atoms with E-state index in [2.05, 4.69) is 0 Å². The van der Waals surface area contributed by atoms with Crippen molar-refractivity contribution in [1.29, 1.82) is 0 Å². The molecule has 0 aromatic heterocycles. The van der Waals surface area contributed by atoms with Gasteiger partial charge in [0.1, 0.15) is 36.8 Å². The second-order valence-corrected chi connectivity index (χ2v) is 8.23. The molecule has 2 aliphatic heterocycles. The summed E-state index contributed by atoms with van der Waals surface area (Å²) < 4.78 is 16.5. The summed E-state index contributed by atoms with van der Waals surface area (Å²) in [5.74, 6) is -0.979. The Hall–Kier alpha value is -3.41. The average Bonchev–Trinajstić information content (AvgIpc) is 2.83. The Morgan fingerprint density at radius 2 is 1.62 bits per heavy atom. The van der Waals surface area contributed by atoms with Crippen LogP contribution in [0.4, 0.5) is 0 Å². The molecule has 0 aliphatic carbocycles. The third-order valence-electron chi connectivity index (χ3n) is 6.14. The first-order valence-electron chi connectivity index (χ1n) is 10.6. The SMILES string of the molecule is O=C1OCc2cc(O)c(O[C@H]3O[C@H](CO)[C@@H](O)[C@H](O)[C@H]3O)c3c(-c4ccc(O)cc4)ccc1c23. The van der Waals surface area contributed by atoms with E-state index in [1.807, 2.05) is 0 Å². The van der Waals surface area contributed by atoms with Gasteiger partial charge in [0.25, 0.3) is 0 Å². The minimum Gasteiger partial charge on any atom is -0.508 e. The van der Waals surface area contributed by atoms with E-state index in [9.17, 15) is 35.4 Å². The fourth-order valence-electron chi connectivity index (χ4n) is 4.39. The number of esters is 1. The van der Waals surface area contributed by atoms with E-state index in [1.165, 1.54) is 18.2 Å². The molecule has 178 valence electrons. The third-order valence-corrected chi connectivity index (χ3v) is 6.14. The van der Waals surface area contributed by atoms with Crippen molar-refractivity contribution in [3.8, 4) is 28.4 Å². The van der Waals surface area contributed by atoms with E-state index in [0.717, 1.165) is 0 Å². The number of hydrogen-bond donors (Lipinski definition) is 6. The predicted octanol–water partition coefficient (Wildman–Crippen LogP) is 0.767. The fourth-order valence-corrected chi connectivity index (χ4v) is 4.39. The molecule has 0 spiro atoms. The lowest BCUT2D eigenvalue weighted by Gasteiger charge is -2.39. The van der Waals surface area contributed by atoms with E-state index >= 15 is 0 Å². The lowest BCUT2D eigenvalue weighted by Crippen LogP contribution is -2.60. The first kappa shape index (κ1) is 22.4. The number of cyclic esters (lactones) is 1. The highest BCUT2D eigenvalue weighted by Gasteiger charge is 2.45. The Morgan fingerprint density at radius 3 is 2.32 bits per heavy atom. The van der Waals surface area contributed by atoms with Gasteiger partial charge in [0.2, 0.25) is 6.29 Å². The van der Waals surface area contributed by atoms with Crippen molar-refractivity contribution >= 4 is 16.7 Å². The highest BCUT2D eigenvalue weighted by Crippen LogP contribution is 2.46. The van der Waals surface area contributed by atoms with Gasteiger partial charge in [0, 0.05) is 16.3 Å². The smallest absolute Gasteiger partial charge is 0.339 e. The number of hydrogen-bond acceptors (Lipinski definition) is 10. The van der Waals surface area contributed by atoms with Crippen LogP contribution in [-0.2, 0) is 16.1 Å². The van der Waals surface area contributed by atoms with Crippen molar-refractivity contribution in [2.45, 2.75) is 37.3 Å². The summed E-state index contributed by atoms with van der Waals surface area (Å²) >= 11 is 0. The maximum atomic E-state index is 12.5. The quantitative estimate of drug-likeness (QED) is 0.300. The first-order valence-corrected chi connectivity index (χ1v) is 10.6. The van der Waals surface area contributed by atoms with Gasteiger partial charge in [0.15, 0.2) is 11.5 Å². The summed E-state index contributed by atoms with van der Waals surface area (Å²) in [5, 5.41) is 61.5. The molecule has 5 rings (SSSR count). The van der Waals surface area contributed by atoms with Gasteiger partial charge < -0.3 is 44.8 Å². The number of aliphatic hydroxyl groups is 4. The number of aliphatic hydroxyl groups excluding tert-OH is 4. The normalized spacial score (nSPS) is 26.4. The molecule has 1 saturated heterocycles. The van der Waals surface area contributed by atoms with Gasteiger partial charge >= 0.3 is 5.97 Å². The number of aromatic hydroxyl groups is 2.